The van der Waals surface area contributed by atoms with Crippen LogP contribution in [-0.4, -0.2) is 42.9 Å². The van der Waals surface area contributed by atoms with Crippen molar-refractivity contribution >= 4 is 35.1 Å². The van der Waals surface area contributed by atoms with Crippen molar-refractivity contribution in [3.63, 3.8) is 0 Å². The van der Waals surface area contributed by atoms with Gasteiger partial charge in [0.25, 0.3) is 5.91 Å². The minimum absolute atomic E-state index is 0.309. The van der Waals surface area contributed by atoms with E-state index in [1.807, 2.05) is 0 Å². The highest BCUT2D eigenvalue weighted by atomic mass is 35.5. The molecule has 0 heterocycles. The molecule has 0 bridgehead atoms. The molecule has 0 saturated heterocycles. The summed E-state index contributed by atoms with van der Waals surface area (Å²) >= 11 is 5.93. The largest absolute Gasteiger partial charge is 0.452 e. The van der Waals surface area contributed by atoms with Crippen molar-refractivity contribution in [2.45, 2.75) is 0 Å². The number of nitrogens with zero attached hydrogens (tertiary/aromatic N) is 1. The monoisotopic (exact) mass is 396 g/mol. The number of esters is 1. The van der Waals surface area contributed by atoms with E-state index >= 15 is 0 Å². The SMILES string of the molecule is CN(CC(=O)Nc1ccccc1Cl)C(=O)COC(=O)c1cc(F)cc(F)c1. The van der Waals surface area contributed by atoms with E-state index in [0.717, 1.165) is 17.0 Å². The van der Waals surface area contributed by atoms with Gasteiger partial charge < -0.3 is 15.0 Å². The van der Waals surface area contributed by atoms with Crippen LogP contribution < -0.4 is 5.32 Å². The molecule has 2 amide bonds. The minimum Gasteiger partial charge on any atom is -0.452 e. The Morgan fingerprint density at radius 1 is 1.11 bits per heavy atom. The molecule has 6 nitrogen and oxygen atoms in total. The molecule has 0 radical (unpaired) electrons. The number of anilines is 1. The first-order chi connectivity index (χ1) is 12.8. The number of hydrogen-bond acceptors (Lipinski definition) is 4. The highest BCUT2D eigenvalue weighted by molar-refractivity contribution is 6.33. The molecule has 0 saturated carbocycles. The third-order valence-electron chi connectivity index (χ3n) is 3.38. The number of halogens is 3. The van der Waals surface area contributed by atoms with E-state index < -0.39 is 36.0 Å². The van der Waals surface area contributed by atoms with Crippen molar-refractivity contribution in [2.75, 3.05) is 25.5 Å². The summed E-state index contributed by atoms with van der Waals surface area (Å²) in [5.74, 6) is -4.12. The third-order valence-corrected chi connectivity index (χ3v) is 3.71. The van der Waals surface area contributed by atoms with Crippen LogP contribution in [0.1, 0.15) is 10.4 Å². The van der Waals surface area contributed by atoms with Crippen LogP contribution in [0, 0.1) is 11.6 Å². The van der Waals surface area contributed by atoms with Crippen molar-refractivity contribution in [3.05, 3.63) is 64.7 Å². The average Bonchev–Trinajstić information content (AvgIpc) is 2.60. The molecule has 0 fully saturated rings. The number of carbonyl (C=O) groups is 3. The minimum atomic E-state index is -1.06. The van der Waals surface area contributed by atoms with E-state index in [0.29, 0.717) is 16.8 Å². The molecule has 2 rings (SSSR count). The summed E-state index contributed by atoms with van der Waals surface area (Å²) < 4.78 is 30.9. The van der Waals surface area contributed by atoms with Gasteiger partial charge in [0, 0.05) is 13.1 Å². The van der Waals surface area contributed by atoms with Gasteiger partial charge in [-0.25, -0.2) is 13.6 Å². The molecule has 0 spiro atoms. The van der Waals surface area contributed by atoms with Gasteiger partial charge in [-0.2, -0.15) is 0 Å². The van der Waals surface area contributed by atoms with Gasteiger partial charge in [0.15, 0.2) is 6.61 Å². The zero-order valence-corrected chi connectivity index (χ0v) is 14.9. The maximum atomic E-state index is 13.1. The van der Waals surface area contributed by atoms with E-state index in [1.54, 1.807) is 24.3 Å². The van der Waals surface area contributed by atoms with E-state index in [-0.39, 0.29) is 12.1 Å². The van der Waals surface area contributed by atoms with Gasteiger partial charge in [0.1, 0.15) is 11.6 Å². The Bertz CT molecular complexity index is 856. The van der Waals surface area contributed by atoms with Crippen LogP contribution in [0.15, 0.2) is 42.5 Å². The zero-order valence-electron chi connectivity index (χ0n) is 14.2. The van der Waals surface area contributed by atoms with Crippen LogP contribution in [-0.2, 0) is 14.3 Å². The molecule has 142 valence electrons. The van der Waals surface area contributed by atoms with Crippen molar-refractivity contribution in [2.24, 2.45) is 0 Å². The first kappa shape index (κ1) is 20.3. The van der Waals surface area contributed by atoms with Crippen LogP contribution in [0.2, 0.25) is 5.02 Å². The molecule has 1 N–H and O–H groups in total. The molecular formula is C18H15ClF2N2O4. The lowest BCUT2D eigenvalue weighted by Gasteiger charge is -2.17. The second-order valence-corrected chi connectivity index (χ2v) is 5.92. The normalized spacial score (nSPS) is 10.2. The molecule has 0 aliphatic heterocycles. The fourth-order valence-corrected chi connectivity index (χ4v) is 2.23. The zero-order chi connectivity index (χ0) is 20.0. The number of ether oxygens (including phenoxy) is 1. The van der Waals surface area contributed by atoms with Gasteiger partial charge in [-0.1, -0.05) is 23.7 Å². The Morgan fingerprint density at radius 2 is 1.74 bits per heavy atom. The van der Waals surface area contributed by atoms with E-state index in [1.165, 1.54) is 7.05 Å². The second kappa shape index (κ2) is 9.09. The maximum absolute atomic E-state index is 13.1. The summed E-state index contributed by atoms with van der Waals surface area (Å²) in [6.45, 7) is -0.997. The van der Waals surface area contributed by atoms with E-state index in [2.05, 4.69) is 5.32 Å². The van der Waals surface area contributed by atoms with Crippen LogP contribution in [0.5, 0.6) is 0 Å². The van der Waals surface area contributed by atoms with Gasteiger partial charge in [-0.3, -0.25) is 9.59 Å². The fraction of sp³-hybridized carbons (Fsp3) is 0.167. The van der Waals surface area contributed by atoms with Gasteiger partial charge >= 0.3 is 5.97 Å². The van der Waals surface area contributed by atoms with Gasteiger partial charge in [0.2, 0.25) is 5.91 Å². The fourth-order valence-electron chi connectivity index (χ4n) is 2.05. The number of likely N-dealkylation sites (N-methyl/N-ethyl adjacent to an activating group) is 1. The van der Waals surface area contributed by atoms with Crippen LogP contribution in [0.4, 0.5) is 14.5 Å². The summed E-state index contributed by atoms with van der Waals surface area (Å²) in [6.07, 6.45) is 0. The molecule has 0 atom stereocenters. The lowest BCUT2D eigenvalue weighted by atomic mass is 10.2. The standard InChI is InChI=1S/C18H15ClF2N2O4/c1-23(9-16(24)22-15-5-3-2-4-14(15)19)17(25)10-27-18(26)11-6-12(20)8-13(21)7-11/h2-8H,9-10H2,1H3,(H,22,24). The Kier molecular flexibility index (Phi) is 6.84. The summed E-state index contributed by atoms with van der Waals surface area (Å²) in [5.41, 5.74) is 0.0315. The lowest BCUT2D eigenvalue weighted by molar-refractivity contribution is -0.136. The number of amides is 2. The lowest BCUT2D eigenvalue weighted by Crippen LogP contribution is -2.37. The van der Waals surface area contributed by atoms with Crippen molar-refractivity contribution in [1.29, 1.82) is 0 Å². The number of benzene rings is 2. The summed E-state index contributed by atoms with van der Waals surface area (Å²) in [6, 6.07) is 8.76. The number of carbonyl (C=O) groups excluding carboxylic acids is 3. The first-order valence-electron chi connectivity index (χ1n) is 7.68. The molecule has 0 aliphatic carbocycles. The van der Waals surface area contributed by atoms with E-state index in [9.17, 15) is 23.2 Å². The molecule has 0 unspecified atom stereocenters. The molecule has 0 aromatic heterocycles. The van der Waals surface area contributed by atoms with Gasteiger partial charge in [-0.05, 0) is 24.3 Å². The predicted molar refractivity (Wildman–Crippen MR) is 94.4 cm³/mol. The van der Waals surface area contributed by atoms with Crippen LogP contribution in [0.3, 0.4) is 0 Å². The molecule has 27 heavy (non-hydrogen) atoms. The molecule has 9 heteroatoms. The quantitative estimate of drug-likeness (QED) is 0.762. The highest BCUT2D eigenvalue weighted by Gasteiger charge is 2.17. The average molecular weight is 397 g/mol. The smallest absolute Gasteiger partial charge is 0.338 e. The second-order valence-electron chi connectivity index (χ2n) is 5.51. The van der Waals surface area contributed by atoms with Crippen molar-refractivity contribution < 1.29 is 27.9 Å². The van der Waals surface area contributed by atoms with Crippen molar-refractivity contribution in [3.8, 4) is 0 Å². The van der Waals surface area contributed by atoms with E-state index in [4.69, 9.17) is 16.3 Å². The number of nitrogens with one attached hydrogen (secondary N) is 1. The highest BCUT2D eigenvalue weighted by Crippen LogP contribution is 2.20. The Labute approximate surface area is 158 Å². The number of hydrogen-bond donors (Lipinski definition) is 1. The van der Waals surface area contributed by atoms with Gasteiger partial charge in [0.05, 0.1) is 22.8 Å². The molecule has 2 aromatic rings. The third kappa shape index (κ3) is 6.03. The Balaban J connectivity index is 1.85. The predicted octanol–water partition coefficient (Wildman–Crippen LogP) is 2.87. The molecule has 0 aliphatic rings. The summed E-state index contributed by atoms with van der Waals surface area (Å²) in [7, 11) is 1.34. The maximum Gasteiger partial charge on any atom is 0.338 e. The Morgan fingerprint density at radius 3 is 2.37 bits per heavy atom. The summed E-state index contributed by atoms with van der Waals surface area (Å²) in [5, 5.41) is 2.89. The molecule has 2 aromatic carbocycles. The number of para-hydroxylation sites is 1. The Hall–Kier alpha value is -3.00. The van der Waals surface area contributed by atoms with Gasteiger partial charge in [-0.15, -0.1) is 0 Å². The topological polar surface area (TPSA) is 75.7 Å². The van der Waals surface area contributed by atoms with Crippen molar-refractivity contribution in [1.82, 2.24) is 4.90 Å². The summed E-state index contributed by atoms with van der Waals surface area (Å²) in [4.78, 5) is 36.7. The van der Waals surface area contributed by atoms with Crippen LogP contribution >= 0.6 is 11.6 Å². The molecular weight excluding hydrogens is 382 g/mol. The van der Waals surface area contributed by atoms with Crippen LogP contribution in [0.25, 0.3) is 0 Å². The first-order valence-corrected chi connectivity index (χ1v) is 8.05. The number of rotatable bonds is 6.